The van der Waals surface area contributed by atoms with Crippen LogP contribution in [0.25, 0.3) is 0 Å². The van der Waals surface area contributed by atoms with Gasteiger partial charge < -0.3 is 10.0 Å². The van der Waals surface area contributed by atoms with Gasteiger partial charge in [0.15, 0.2) is 0 Å². The molecule has 0 saturated carbocycles. The molecular formula is C17H22N2O3. The van der Waals surface area contributed by atoms with Crippen molar-refractivity contribution in [2.24, 2.45) is 0 Å². The number of carbonyl (C=O) groups excluding carboxylic acids is 1. The number of likely N-dealkylation sites (tertiary alicyclic amines) is 1. The van der Waals surface area contributed by atoms with E-state index in [-0.39, 0.29) is 17.9 Å². The monoisotopic (exact) mass is 302 g/mol. The van der Waals surface area contributed by atoms with E-state index in [0.29, 0.717) is 0 Å². The largest absolute Gasteiger partial charge is 0.480 e. The Labute approximate surface area is 130 Å². The molecule has 1 saturated heterocycles. The third-order valence-electron chi connectivity index (χ3n) is 5.03. The lowest BCUT2D eigenvalue weighted by Crippen LogP contribution is -2.47. The Bertz CT molecular complexity index is 618. The normalized spacial score (nSPS) is 20.2. The summed E-state index contributed by atoms with van der Waals surface area (Å²) in [4.78, 5) is 26.7. The van der Waals surface area contributed by atoms with Crippen LogP contribution in [0.2, 0.25) is 0 Å². The molecule has 2 aliphatic rings. The van der Waals surface area contributed by atoms with Gasteiger partial charge in [-0.15, -0.1) is 0 Å². The van der Waals surface area contributed by atoms with Gasteiger partial charge in [-0.1, -0.05) is 17.7 Å². The summed E-state index contributed by atoms with van der Waals surface area (Å²) < 4.78 is 0. The molecule has 1 N–H and O–H groups in total. The predicted molar refractivity (Wildman–Crippen MR) is 84.2 cm³/mol. The summed E-state index contributed by atoms with van der Waals surface area (Å²) in [6.07, 6.45) is 1.81. The van der Waals surface area contributed by atoms with Gasteiger partial charge in [0, 0.05) is 24.6 Å². The lowest BCUT2D eigenvalue weighted by molar-refractivity contribution is -0.138. The maximum Gasteiger partial charge on any atom is 0.317 e. The van der Waals surface area contributed by atoms with Gasteiger partial charge in [-0.3, -0.25) is 14.5 Å². The lowest BCUT2D eigenvalue weighted by Gasteiger charge is -2.39. The van der Waals surface area contributed by atoms with Crippen molar-refractivity contribution in [3.63, 3.8) is 0 Å². The van der Waals surface area contributed by atoms with Gasteiger partial charge in [0.1, 0.15) is 0 Å². The fraction of sp³-hybridized carbons (Fsp3) is 0.529. The summed E-state index contributed by atoms with van der Waals surface area (Å²) in [7, 11) is 0. The number of benzene rings is 1. The molecule has 0 bridgehead atoms. The van der Waals surface area contributed by atoms with Crippen LogP contribution in [0, 0.1) is 6.92 Å². The lowest BCUT2D eigenvalue weighted by atomic mass is 9.74. The van der Waals surface area contributed by atoms with Crippen LogP contribution in [0.1, 0.15) is 30.9 Å². The molecule has 3 rings (SSSR count). The van der Waals surface area contributed by atoms with Crippen LogP contribution >= 0.6 is 0 Å². The van der Waals surface area contributed by atoms with E-state index < -0.39 is 5.97 Å². The van der Waals surface area contributed by atoms with Gasteiger partial charge in [0.05, 0.1) is 6.54 Å². The van der Waals surface area contributed by atoms with Gasteiger partial charge in [-0.05, 0) is 44.5 Å². The first-order valence-electron chi connectivity index (χ1n) is 7.75. The zero-order valence-electron chi connectivity index (χ0n) is 13.1. The summed E-state index contributed by atoms with van der Waals surface area (Å²) in [5, 5.41) is 8.94. The molecule has 5 nitrogen and oxygen atoms in total. The van der Waals surface area contributed by atoms with Crippen molar-refractivity contribution in [1.82, 2.24) is 4.90 Å². The summed E-state index contributed by atoms with van der Waals surface area (Å²) in [5.41, 5.74) is 3.49. The number of rotatable bonds is 2. The van der Waals surface area contributed by atoms with Crippen LogP contribution in [0.3, 0.4) is 0 Å². The minimum absolute atomic E-state index is 0.0119. The average Bonchev–Trinajstić information content (AvgIpc) is 2.76. The third-order valence-corrected chi connectivity index (χ3v) is 5.03. The van der Waals surface area contributed by atoms with Crippen LogP contribution in [-0.4, -0.2) is 48.1 Å². The van der Waals surface area contributed by atoms with Crippen LogP contribution in [-0.2, 0) is 15.0 Å². The second kappa shape index (κ2) is 5.39. The molecular weight excluding hydrogens is 280 g/mol. The standard InChI is InChI=1S/C17H22N2O3/c1-12-3-4-15-14(9-12)17(11-19(15)13(2)20)5-7-18(8-6-17)10-16(21)22/h3-4,9H,5-8,10-11H2,1-2H3,(H,21,22). The summed E-state index contributed by atoms with van der Waals surface area (Å²) >= 11 is 0. The Balaban J connectivity index is 1.88. The number of piperidine rings is 1. The van der Waals surface area contributed by atoms with E-state index >= 15 is 0 Å². The summed E-state index contributed by atoms with van der Waals surface area (Å²) in [6.45, 7) is 6.05. The van der Waals surface area contributed by atoms with Crippen molar-refractivity contribution in [1.29, 1.82) is 0 Å². The van der Waals surface area contributed by atoms with E-state index in [4.69, 9.17) is 5.11 Å². The summed E-state index contributed by atoms with van der Waals surface area (Å²) in [6, 6.07) is 6.29. The highest BCUT2D eigenvalue weighted by atomic mass is 16.4. The van der Waals surface area contributed by atoms with E-state index in [9.17, 15) is 9.59 Å². The second-order valence-electron chi connectivity index (χ2n) is 6.58. The van der Waals surface area contributed by atoms with Crippen LogP contribution < -0.4 is 4.90 Å². The summed E-state index contributed by atoms with van der Waals surface area (Å²) in [5.74, 6) is -0.695. The number of aryl methyl sites for hydroxylation is 1. The second-order valence-corrected chi connectivity index (χ2v) is 6.58. The molecule has 2 aliphatic heterocycles. The van der Waals surface area contributed by atoms with Crippen molar-refractivity contribution < 1.29 is 14.7 Å². The van der Waals surface area contributed by atoms with Gasteiger partial charge >= 0.3 is 5.97 Å². The topological polar surface area (TPSA) is 60.9 Å². The average molecular weight is 302 g/mol. The quantitative estimate of drug-likeness (QED) is 0.904. The van der Waals surface area contributed by atoms with Crippen molar-refractivity contribution in [2.75, 3.05) is 31.1 Å². The first-order chi connectivity index (χ1) is 10.4. The highest BCUT2D eigenvalue weighted by molar-refractivity contribution is 5.94. The first kappa shape index (κ1) is 15.0. The fourth-order valence-electron chi connectivity index (χ4n) is 3.82. The molecule has 0 aliphatic carbocycles. The Morgan fingerprint density at radius 2 is 1.95 bits per heavy atom. The Morgan fingerprint density at radius 3 is 2.55 bits per heavy atom. The number of anilines is 1. The predicted octanol–water partition coefficient (Wildman–Crippen LogP) is 1.78. The zero-order chi connectivity index (χ0) is 15.9. The van der Waals surface area contributed by atoms with Crippen LogP contribution in [0.5, 0.6) is 0 Å². The molecule has 0 aromatic heterocycles. The number of amides is 1. The first-order valence-corrected chi connectivity index (χ1v) is 7.75. The van der Waals surface area contributed by atoms with E-state index in [1.54, 1.807) is 6.92 Å². The minimum atomic E-state index is -0.774. The molecule has 1 aromatic carbocycles. The minimum Gasteiger partial charge on any atom is -0.480 e. The van der Waals surface area contributed by atoms with Crippen LogP contribution in [0.15, 0.2) is 18.2 Å². The number of aliphatic carboxylic acids is 1. The number of hydrogen-bond donors (Lipinski definition) is 1. The van der Waals surface area contributed by atoms with Crippen molar-refractivity contribution in [3.8, 4) is 0 Å². The molecule has 118 valence electrons. The molecule has 1 spiro atoms. The van der Waals surface area contributed by atoms with Gasteiger partial charge in [-0.25, -0.2) is 0 Å². The van der Waals surface area contributed by atoms with Gasteiger partial charge in [0.25, 0.3) is 0 Å². The molecule has 22 heavy (non-hydrogen) atoms. The molecule has 1 amide bonds. The Hall–Kier alpha value is -1.88. The number of nitrogens with zero attached hydrogens (tertiary/aromatic N) is 2. The number of carbonyl (C=O) groups is 2. The Morgan fingerprint density at radius 1 is 1.27 bits per heavy atom. The molecule has 0 atom stereocenters. The van der Waals surface area contributed by atoms with Crippen LogP contribution in [0.4, 0.5) is 5.69 Å². The number of fused-ring (bicyclic) bond motifs is 2. The smallest absolute Gasteiger partial charge is 0.317 e. The number of carboxylic acid groups (broad SMARTS) is 1. The number of carboxylic acids is 1. The van der Waals surface area contributed by atoms with Crippen molar-refractivity contribution >= 4 is 17.6 Å². The van der Waals surface area contributed by atoms with Gasteiger partial charge in [0.2, 0.25) is 5.91 Å². The Kier molecular flexibility index (Phi) is 3.68. The molecule has 0 radical (unpaired) electrons. The highest BCUT2D eigenvalue weighted by Gasteiger charge is 2.45. The maximum atomic E-state index is 12.0. The highest BCUT2D eigenvalue weighted by Crippen LogP contribution is 2.47. The van der Waals surface area contributed by atoms with E-state index in [1.165, 1.54) is 11.1 Å². The molecule has 2 heterocycles. The van der Waals surface area contributed by atoms with Crippen molar-refractivity contribution in [3.05, 3.63) is 29.3 Å². The van der Waals surface area contributed by atoms with E-state index in [1.807, 2.05) is 21.9 Å². The van der Waals surface area contributed by atoms with E-state index in [0.717, 1.165) is 38.2 Å². The van der Waals surface area contributed by atoms with Crippen molar-refractivity contribution in [2.45, 2.75) is 32.1 Å². The zero-order valence-corrected chi connectivity index (χ0v) is 13.1. The molecule has 1 aromatic rings. The van der Waals surface area contributed by atoms with Gasteiger partial charge in [-0.2, -0.15) is 0 Å². The molecule has 1 fully saturated rings. The van der Waals surface area contributed by atoms with E-state index in [2.05, 4.69) is 13.0 Å². The third kappa shape index (κ3) is 2.50. The fourth-order valence-corrected chi connectivity index (χ4v) is 3.82. The number of hydrogen-bond acceptors (Lipinski definition) is 3. The SMILES string of the molecule is CC(=O)N1CC2(CCN(CC(=O)O)CC2)c2cc(C)ccc21. The molecule has 0 unspecified atom stereocenters. The maximum absolute atomic E-state index is 12.0. The molecule has 5 heteroatoms.